The maximum atomic E-state index is 12.8. The smallest absolute Gasteiger partial charge is 0.471 e. The van der Waals surface area contributed by atoms with Crippen molar-refractivity contribution in [3.63, 3.8) is 0 Å². The summed E-state index contributed by atoms with van der Waals surface area (Å²) in [4.78, 5) is 21.6. The maximum Gasteiger partial charge on any atom is 0.471 e. The zero-order valence-corrected chi connectivity index (χ0v) is 21.1. The number of anilines is 3. The monoisotopic (exact) mass is 531 g/mol. The second-order valence-corrected chi connectivity index (χ2v) is 8.59. The number of rotatable bonds is 8. The summed E-state index contributed by atoms with van der Waals surface area (Å²) in [7, 11) is 4.66. The number of likely N-dealkylation sites (tertiary alicyclic amines) is 1. The van der Waals surface area contributed by atoms with Crippen LogP contribution in [-0.2, 0) is 4.79 Å². The van der Waals surface area contributed by atoms with Crippen LogP contribution in [0.15, 0.2) is 48.7 Å². The van der Waals surface area contributed by atoms with Crippen molar-refractivity contribution in [2.45, 2.75) is 25.1 Å². The van der Waals surface area contributed by atoms with E-state index in [2.05, 4.69) is 20.6 Å². The standard InChI is InChI=1S/C26H28F3N5O4/c1-36-19-7-5-17(6-8-19)32-25-30-15-20(16-4-9-21(37-2)22(14-16)38-3)23(33-25)31-18-10-12-34(13-11-18)24(35)26(27,28)29/h4-9,14-15,18H,10-13H2,1-3H3,(H2,30,31,32,33). The van der Waals surface area contributed by atoms with Gasteiger partial charge in [-0.25, -0.2) is 4.98 Å². The predicted molar refractivity (Wildman–Crippen MR) is 136 cm³/mol. The van der Waals surface area contributed by atoms with Crippen LogP contribution >= 0.6 is 0 Å². The number of hydrogen-bond acceptors (Lipinski definition) is 8. The molecule has 202 valence electrons. The molecule has 12 heteroatoms. The molecule has 1 aliphatic heterocycles. The van der Waals surface area contributed by atoms with Crippen LogP contribution in [0.3, 0.4) is 0 Å². The van der Waals surface area contributed by atoms with Gasteiger partial charge < -0.3 is 29.7 Å². The van der Waals surface area contributed by atoms with Gasteiger partial charge in [-0.3, -0.25) is 4.79 Å². The average molecular weight is 532 g/mol. The molecule has 9 nitrogen and oxygen atoms in total. The number of aromatic nitrogens is 2. The Morgan fingerprint density at radius 3 is 2.26 bits per heavy atom. The van der Waals surface area contributed by atoms with Gasteiger partial charge >= 0.3 is 12.1 Å². The maximum absolute atomic E-state index is 12.8. The molecule has 4 rings (SSSR count). The molecule has 0 atom stereocenters. The number of amides is 1. The minimum absolute atomic E-state index is 0.0102. The molecule has 2 N–H and O–H groups in total. The molecule has 2 heterocycles. The topological polar surface area (TPSA) is 97.8 Å². The molecule has 0 saturated carbocycles. The summed E-state index contributed by atoms with van der Waals surface area (Å²) in [6, 6.07) is 12.5. The van der Waals surface area contributed by atoms with Crippen LogP contribution in [0.25, 0.3) is 11.1 Å². The molecule has 0 radical (unpaired) electrons. The number of methoxy groups -OCH3 is 3. The van der Waals surface area contributed by atoms with Gasteiger partial charge in [-0.15, -0.1) is 0 Å². The van der Waals surface area contributed by atoms with E-state index in [0.717, 1.165) is 16.2 Å². The van der Waals surface area contributed by atoms with Crippen molar-refractivity contribution in [3.8, 4) is 28.4 Å². The fourth-order valence-electron chi connectivity index (χ4n) is 4.17. The van der Waals surface area contributed by atoms with Crippen molar-refractivity contribution >= 4 is 23.4 Å². The Balaban J connectivity index is 1.60. The van der Waals surface area contributed by atoms with Crippen molar-refractivity contribution in [3.05, 3.63) is 48.7 Å². The highest BCUT2D eigenvalue weighted by Gasteiger charge is 2.43. The zero-order chi connectivity index (χ0) is 27.3. The van der Waals surface area contributed by atoms with Crippen LogP contribution in [0.4, 0.5) is 30.6 Å². The first kappa shape index (κ1) is 26.8. The van der Waals surface area contributed by atoms with E-state index < -0.39 is 12.1 Å². The summed E-state index contributed by atoms with van der Waals surface area (Å²) in [5.41, 5.74) is 2.17. The summed E-state index contributed by atoms with van der Waals surface area (Å²) in [6.07, 6.45) is -2.56. The van der Waals surface area contributed by atoms with Gasteiger partial charge in [-0.2, -0.15) is 18.2 Å². The largest absolute Gasteiger partial charge is 0.497 e. The molecule has 0 spiro atoms. The third-order valence-electron chi connectivity index (χ3n) is 6.19. The number of hydrogen-bond donors (Lipinski definition) is 2. The van der Waals surface area contributed by atoms with Crippen LogP contribution < -0.4 is 24.8 Å². The SMILES string of the molecule is COc1ccc(Nc2ncc(-c3ccc(OC)c(OC)c3)c(NC3CCN(C(=O)C(F)(F)F)CC3)n2)cc1. The minimum atomic E-state index is -4.88. The normalized spacial score (nSPS) is 14.1. The lowest BCUT2D eigenvalue weighted by Crippen LogP contribution is -2.47. The Hall–Kier alpha value is -4.22. The fourth-order valence-corrected chi connectivity index (χ4v) is 4.17. The number of alkyl halides is 3. The first-order valence-electron chi connectivity index (χ1n) is 11.8. The van der Waals surface area contributed by atoms with Crippen LogP contribution in [-0.4, -0.2) is 67.4 Å². The van der Waals surface area contributed by atoms with Gasteiger partial charge in [-0.1, -0.05) is 6.07 Å². The van der Waals surface area contributed by atoms with Crippen molar-refractivity contribution in [2.75, 3.05) is 45.1 Å². The van der Waals surface area contributed by atoms with Crippen molar-refractivity contribution in [1.82, 2.24) is 14.9 Å². The number of ether oxygens (including phenoxy) is 3. The van der Waals surface area contributed by atoms with E-state index >= 15 is 0 Å². The lowest BCUT2D eigenvalue weighted by molar-refractivity contribution is -0.186. The molecule has 1 aromatic heterocycles. The van der Waals surface area contributed by atoms with Gasteiger partial charge in [0, 0.05) is 36.6 Å². The summed E-state index contributed by atoms with van der Waals surface area (Å²) in [6.45, 7) is -0.0204. The predicted octanol–water partition coefficient (Wildman–Crippen LogP) is 4.88. The number of carbonyl (C=O) groups is 1. The van der Waals surface area contributed by atoms with Gasteiger partial charge in [0.2, 0.25) is 5.95 Å². The number of piperidine rings is 1. The lowest BCUT2D eigenvalue weighted by atomic mass is 10.0. The molecule has 0 aliphatic carbocycles. The highest BCUT2D eigenvalue weighted by atomic mass is 19.4. The van der Waals surface area contributed by atoms with Crippen LogP contribution in [0.1, 0.15) is 12.8 Å². The number of halogens is 3. The second kappa shape index (κ2) is 11.4. The van der Waals surface area contributed by atoms with Crippen molar-refractivity contribution < 1.29 is 32.2 Å². The lowest BCUT2D eigenvalue weighted by Gasteiger charge is -2.33. The van der Waals surface area contributed by atoms with E-state index in [-0.39, 0.29) is 19.1 Å². The van der Waals surface area contributed by atoms with Gasteiger partial charge in [0.1, 0.15) is 11.6 Å². The summed E-state index contributed by atoms with van der Waals surface area (Å²) >= 11 is 0. The Morgan fingerprint density at radius 2 is 1.66 bits per heavy atom. The third-order valence-corrected chi connectivity index (χ3v) is 6.19. The summed E-state index contributed by atoms with van der Waals surface area (Å²) in [5.74, 6) is 0.796. The molecular weight excluding hydrogens is 503 g/mol. The number of carbonyl (C=O) groups excluding carboxylic acids is 1. The molecule has 1 amide bonds. The molecule has 3 aromatic rings. The molecule has 38 heavy (non-hydrogen) atoms. The van der Waals surface area contributed by atoms with Crippen LogP contribution in [0.5, 0.6) is 17.2 Å². The van der Waals surface area contributed by atoms with Gasteiger partial charge in [0.15, 0.2) is 11.5 Å². The van der Waals surface area contributed by atoms with E-state index in [1.54, 1.807) is 44.7 Å². The quantitative estimate of drug-likeness (QED) is 0.425. The Morgan fingerprint density at radius 1 is 0.974 bits per heavy atom. The Bertz CT molecular complexity index is 1260. The van der Waals surface area contributed by atoms with Gasteiger partial charge in [0.05, 0.1) is 21.3 Å². The van der Waals surface area contributed by atoms with E-state index in [0.29, 0.717) is 47.4 Å². The van der Waals surface area contributed by atoms with Gasteiger partial charge in [-0.05, 0) is 54.8 Å². The first-order chi connectivity index (χ1) is 18.2. The molecule has 0 bridgehead atoms. The summed E-state index contributed by atoms with van der Waals surface area (Å²) in [5, 5.41) is 6.50. The Labute approximate surface area is 217 Å². The number of nitrogens with zero attached hydrogens (tertiary/aromatic N) is 3. The van der Waals surface area contributed by atoms with Gasteiger partial charge in [0.25, 0.3) is 0 Å². The van der Waals surface area contributed by atoms with Crippen LogP contribution in [0, 0.1) is 0 Å². The third kappa shape index (κ3) is 6.18. The van der Waals surface area contributed by atoms with E-state index in [1.807, 2.05) is 18.2 Å². The highest BCUT2D eigenvalue weighted by Crippen LogP contribution is 2.36. The van der Waals surface area contributed by atoms with Crippen molar-refractivity contribution in [1.29, 1.82) is 0 Å². The average Bonchev–Trinajstić information content (AvgIpc) is 2.93. The first-order valence-corrected chi connectivity index (χ1v) is 11.8. The minimum Gasteiger partial charge on any atom is -0.497 e. The summed E-state index contributed by atoms with van der Waals surface area (Å²) < 4.78 is 54.5. The second-order valence-electron chi connectivity index (χ2n) is 8.59. The molecule has 0 unspecified atom stereocenters. The number of nitrogens with one attached hydrogen (secondary N) is 2. The fraction of sp³-hybridized carbons (Fsp3) is 0.346. The highest BCUT2D eigenvalue weighted by molar-refractivity contribution is 5.82. The van der Waals surface area contributed by atoms with Crippen molar-refractivity contribution in [2.24, 2.45) is 0 Å². The number of benzene rings is 2. The molecule has 1 aliphatic rings. The van der Waals surface area contributed by atoms with E-state index in [1.165, 1.54) is 7.11 Å². The van der Waals surface area contributed by atoms with E-state index in [4.69, 9.17) is 14.2 Å². The zero-order valence-electron chi connectivity index (χ0n) is 21.1. The van der Waals surface area contributed by atoms with E-state index in [9.17, 15) is 18.0 Å². The molecule has 1 fully saturated rings. The van der Waals surface area contributed by atoms with Crippen LogP contribution in [0.2, 0.25) is 0 Å². The Kier molecular flexibility index (Phi) is 8.08. The molecule has 1 saturated heterocycles. The molecule has 2 aromatic carbocycles. The molecular formula is C26H28F3N5O4.